The van der Waals surface area contributed by atoms with E-state index in [1.165, 1.54) is 0 Å². The molecule has 0 bridgehead atoms. The molecule has 1 aliphatic rings. The van der Waals surface area contributed by atoms with Crippen LogP contribution in [0.15, 0.2) is 72.9 Å². The topological polar surface area (TPSA) is 94.6 Å². The van der Waals surface area contributed by atoms with Crippen molar-refractivity contribution in [3.05, 3.63) is 95.3 Å². The quantitative estimate of drug-likeness (QED) is 0.343. The molecule has 0 radical (unpaired) electrons. The number of hydrogen-bond donors (Lipinski definition) is 1. The number of ether oxygens (including phenoxy) is 2. The van der Waals surface area contributed by atoms with Crippen molar-refractivity contribution in [1.29, 1.82) is 0 Å². The van der Waals surface area contributed by atoms with E-state index in [1.807, 2.05) is 48.7 Å². The van der Waals surface area contributed by atoms with Gasteiger partial charge in [0.25, 0.3) is 5.24 Å². The normalized spacial score (nSPS) is 17.8. The third kappa shape index (κ3) is 6.98. The van der Waals surface area contributed by atoms with Gasteiger partial charge in [0.05, 0.1) is 18.8 Å². The highest BCUT2D eigenvalue weighted by molar-refractivity contribution is 8.16. The fourth-order valence-corrected chi connectivity index (χ4v) is 5.03. The molecule has 0 spiro atoms. The molecular formula is C29H30N2O5S. The van der Waals surface area contributed by atoms with E-state index in [-0.39, 0.29) is 29.6 Å². The van der Waals surface area contributed by atoms with Crippen LogP contribution in [-0.2, 0) is 22.4 Å². The second-order valence-electron chi connectivity index (χ2n) is 9.13. The number of nitrogens with zero attached hydrogens (tertiary/aromatic N) is 1. The van der Waals surface area contributed by atoms with Crippen LogP contribution in [0.1, 0.15) is 53.4 Å². The zero-order valence-corrected chi connectivity index (χ0v) is 21.8. The molecule has 4 rings (SSSR count). The van der Waals surface area contributed by atoms with Crippen molar-refractivity contribution in [2.75, 3.05) is 13.2 Å². The molecule has 1 fully saturated rings. The number of carbonyl (C=O) groups excluding carboxylic acids is 3. The molecule has 2 unspecified atom stereocenters. The zero-order chi connectivity index (χ0) is 26.3. The molecule has 2 atom stereocenters. The highest BCUT2D eigenvalue weighted by Crippen LogP contribution is 2.35. The van der Waals surface area contributed by atoms with Crippen molar-refractivity contribution >= 4 is 28.9 Å². The summed E-state index contributed by atoms with van der Waals surface area (Å²) < 4.78 is 10.8. The Bertz CT molecular complexity index is 1230. The number of pyridine rings is 1. The molecule has 1 N–H and O–H groups in total. The Balaban J connectivity index is 1.37. The molecular weight excluding hydrogens is 488 g/mol. The highest BCUT2D eigenvalue weighted by Gasteiger charge is 2.43. The number of carbonyl (C=O) groups is 3. The smallest absolute Gasteiger partial charge is 0.338 e. The Morgan fingerprint density at radius 2 is 1.81 bits per heavy atom. The van der Waals surface area contributed by atoms with Gasteiger partial charge < -0.3 is 9.47 Å². The van der Waals surface area contributed by atoms with E-state index < -0.39 is 4.75 Å². The molecule has 2 amide bonds. The molecule has 1 aromatic heterocycles. The van der Waals surface area contributed by atoms with Gasteiger partial charge in [-0.3, -0.25) is 19.9 Å². The van der Waals surface area contributed by atoms with Gasteiger partial charge in [0.2, 0.25) is 5.91 Å². The first-order chi connectivity index (χ1) is 17.9. The molecule has 0 saturated carbocycles. The van der Waals surface area contributed by atoms with Crippen LogP contribution in [0.2, 0.25) is 0 Å². The Kier molecular flexibility index (Phi) is 8.61. The monoisotopic (exact) mass is 518 g/mol. The van der Waals surface area contributed by atoms with E-state index in [2.05, 4.69) is 17.2 Å². The van der Waals surface area contributed by atoms with Crippen LogP contribution in [0.5, 0.6) is 5.75 Å². The number of nitrogens with one attached hydrogen (secondary N) is 1. The predicted octanol–water partition coefficient (Wildman–Crippen LogP) is 5.34. The minimum absolute atomic E-state index is 0.0230. The first-order valence-electron chi connectivity index (χ1n) is 12.3. The number of thioether (sulfide) groups is 1. The van der Waals surface area contributed by atoms with Crippen molar-refractivity contribution in [3.8, 4) is 5.75 Å². The maximum atomic E-state index is 12.3. The van der Waals surface area contributed by atoms with Gasteiger partial charge in [-0.15, -0.1) is 0 Å². The van der Waals surface area contributed by atoms with Crippen molar-refractivity contribution < 1.29 is 23.9 Å². The Morgan fingerprint density at radius 3 is 2.43 bits per heavy atom. The number of aromatic nitrogens is 1. The third-order valence-corrected chi connectivity index (χ3v) is 7.39. The zero-order valence-electron chi connectivity index (χ0n) is 20.9. The minimum atomic E-state index is -0.806. The maximum absolute atomic E-state index is 12.3. The third-order valence-electron chi connectivity index (χ3n) is 6.32. The lowest BCUT2D eigenvalue weighted by molar-refractivity contribution is -0.121. The molecule has 0 aliphatic carbocycles. The van der Waals surface area contributed by atoms with Gasteiger partial charge in [-0.2, -0.15) is 0 Å². The van der Waals surface area contributed by atoms with Crippen molar-refractivity contribution in [1.82, 2.24) is 10.3 Å². The van der Waals surface area contributed by atoms with Gasteiger partial charge in [0.1, 0.15) is 10.5 Å². The van der Waals surface area contributed by atoms with E-state index >= 15 is 0 Å². The van der Waals surface area contributed by atoms with Crippen LogP contribution < -0.4 is 10.1 Å². The first kappa shape index (κ1) is 26.4. The number of esters is 1. The number of rotatable bonds is 11. The van der Waals surface area contributed by atoms with Crippen LogP contribution >= 0.6 is 11.8 Å². The Hall–Kier alpha value is -3.65. The maximum Gasteiger partial charge on any atom is 0.338 e. The van der Waals surface area contributed by atoms with Crippen molar-refractivity contribution in [2.24, 2.45) is 0 Å². The standard InChI is InChI=1S/C29H30N2O5S/c1-3-24-12-11-22(18-30-24)23(15-16-35-26(32)21-7-5-4-6-8-21)19-36-25-13-9-20(10-14-25)17-29(2)27(33)31-28(34)37-29/h4-14,18,23H,3,15-17,19H2,1-2H3,(H,31,33,34). The van der Waals surface area contributed by atoms with Gasteiger partial charge in [0, 0.05) is 17.8 Å². The largest absolute Gasteiger partial charge is 0.493 e. The fraction of sp³-hybridized carbons (Fsp3) is 0.310. The summed E-state index contributed by atoms with van der Waals surface area (Å²) in [6, 6.07) is 20.5. The van der Waals surface area contributed by atoms with E-state index in [0.29, 0.717) is 30.8 Å². The summed E-state index contributed by atoms with van der Waals surface area (Å²) >= 11 is 1.02. The second kappa shape index (κ2) is 12.1. The molecule has 3 aromatic rings. The molecule has 2 aromatic carbocycles. The summed E-state index contributed by atoms with van der Waals surface area (Å²) in [6.45, 7) is 4.48. The SMILES string of the molecule is CCc1ccc(C(CCOC(=O)c2ccccc2)COc2ccc(CC3(C)SC(=O)NC3=O)cc2)cn1. The predicted molar refractivity (Wildman–Crippen MR) is 143 cm³/mol. The lowest BCUT2D eigenvalue weighted by Crippen LogP contribution is -2.35. The number of benzene rings is 2. The van der Waals surface area contributed by atoms with E-state index in [9.17, 15) is 14.4 Å². The summed E-state index contributed by atoms with van der Waals surface area (Å²) in [4.78, 5) is 40.6. The van der Waals surface area contributed by atoms with Gasteiger partial charge in [-0.25, -0.2) is 4.79 Å². The van der Waals surface area contributed by atoms with E-state index in [4.69, 9.17) is 9.47 Å². The number of aryl methyl sites for hydroxylation is 1. The van der Waals surface area contributed by atoms with Gasteiger partial charge in [0.15, 0.2) is 0 Å². The van der Waals surface area contributed by atoms with Crippen LogP contribution in [0.4, 0.5) is 4.79 Å². The molecule has 2 heterocycles. The van der Waals surface area contributed by atoms with E-state index in [1.54, 1.807) is 31.2 Å². The molecule has 7 nitrogen and oxygen atoms in total. The van der Waals surface area contributed by atoms with Crippen molar-refractivity contribution in [2.45, 2.75) is 43.8 Å². The van der Waals surface area contributed by atoms with Gasteiger partial charge in [-0.1, -0.05) is 43.3 Å². The Morgan fingerprint density at radius 1 is 1.05 bits per heavy atom. The van der Waals surface area contributed by atoms with E-state index in [0.717, 1.165) is 35.0 Å². The molecule has 8 heteroatoms. The minimum Gasteiger partial charge on any atom is -0.493 e. The Labute approximate surface area is 221 Å². The summed E-state index contributed by atoms with van der Waals surface area (Å²) in [5.41, 5.74) is 3.50. The molecule has 192 valence electrons. The number of amides is 2. The highest BCUT2D eigenvalue weighted by atomic mass is 32.2. The van der Waals surface area contributed by atoms with Crippen LogP contribution in [0, 0.1) is 0 Å². The van der Waals surface area contributed by atoms with Gasteiger partial charge >= 0.3 is 5.97 Å². The van der Waals surface area contributed by atoms with Gasteiger partial charge in [-0.05, 0) is 79.4 Å². The number of hydrogen-bond acceptors (Lipinski definition) is 7. The van der Waals surface area contributed by atoms with Crippen LogP contribution in [0.25, 0.3) is 0 Å². The fourth-order valence-electron chi connectivity index (χ4n) is 4.09. The lowest BCUT2D eigenvalue weighted by atomic mass is 9.98. The summed E-state index contributed by atoms with van der Waals surface area (Å²) in [5, 5.41) is 2.04. The van der Waals surface area contributed by atoms with Crippen LogP contribution in [0.3, 0.4) is 0 Å². The summed E-state index contributed by atoms with van der Waals surface area (Å²) in [6.07, 6.45) is 3.75. The second-order valence-corrected chi connectivity index (χ2v) is 10.6. The lowest BCUT2D eigenvalue weighted by Gasteiger charge is -2.20. The number of imide groups is 1. The van der Waals surface area contributed by atoms with Crippen molar-refractivity contribution in [3.63, 3.8) is 0 Å². The molecule has 37 heavy (non-hydrogen) atoms. The average Bonchev–Trinajstić information content (AvgIpc) is 3.17. The molecule has 1 aliphatic heterocycles. The van der Waals surface area contributed by atoms with Crippen LogP contribution in [-0.4, -0.2) is 40.1 Å². The first-order valence-corrected chi connectivity index (χ1v) is 13.1. The summed E-state index contributed by atoms with van der Waals surface area (Å²) in [7, 11) is 0. The average molecular weight is 519 g/mol. The summed E-state index contributed by atoms with van der Waals surface area (Å²) in [5.74, 6) is 0.0595. The molecule has 1 saturated heterocycles.